The fraction of sp³-hybridized carbons (Fsp3) is 0.300. The van der Waals surface area contributed by atoms with Gasteiger partial charge < -0.3 is 14.8 Å². The number of halogens is 1. The molecule has 5 nitrogen and oxygen atoms in total. The Bertz CT molecular complexity index is 819. The quantitative estimate of drug-likeness (QED) is 0.768. The van der Waals surface area contributed by atoms with Crippen LogP contribution >= 0.6 is 11.6 Å². The van der Waals surface area contributed by atoms with E-state index in [1.165, 1.54) is 6.92 Å². The molecule has 1 N–H and O–H groups in total. The van der Waals surface area contributed by atoms with E-state index in [2.05, 4.69) is 5.32 Å². The molecule has 138 valence electrons. The number of amides is 1. The van der Waals surface area contributed by atoms with E-state index in [0.717, 1.165) is 16.7 Å². The SMILES string of the molecule is Cc1cccc(OCC(=O)O[C@H](C)C(=O)Nc2cccc(Cl)c2C)c1C. The molecule has 0 heterocycles. The van der Waals surface area contributed by atoms with Gasteiger partial charge in [0, 0.05) is 10.7 Å². The van der Waals surface area contributed by atoms with Crippen LogP contribution in [0.2, 0.25) is 5.02 Å². The molecule has 0 aliphatic rings. The van der Waals surface area contributed by atoms with Gasteiger partial charge in [0.25, 0.3) is 5.91 Å². The predicted molar refractivity (Wildman–Crippen MR) is 102 cm³/mol. The Hall–Kier alpha value is -2.53. The minimum Gasteiger partial charge on any atom is -0.482 e. The van der Waals surface area contributed by atoms with Crippen molar-refractivity contribution in [1.29, 1.82) is 0 Å². The fourth-order valence-corrected chi connectivity index (χ4v) is 2.45. The largest absolute Gasteiger partial charge is 0.482 e. The molecular formula is C20H22ClNO4. The zero-order valence-corrected chi connectivity index (χ0v) is 16.0. The molecular weight excluding hydrogens is 354 g/mol. The summed E-state index contributed by atoms with van der Waals surface area (Å²) in [4.78, 5) is 24.2. The van der Waals surface area contributed by atoms with Crippen LogP contribution < -0.4 is 10.1 Å². The van der Waals surface area contributed by atoms with Crippen LogP contribution in [0.15, 0.2) is 36.4 Å². The van der Waals surface area contributed by atoms with Gasteiger partial charge in [-0.1, -0.05) is 29.8 Å². The molecule has 0 saturated heterocycles. The van der Waals surface area contributed by atoms with Gasteiger partial charge in [-0.2, -0.15) is 0 Å². The van der Waals surface area contributed by atoms with E-state index >= 15 is 0 Å². The fourth-order valence-electron chi connectivity index (χ4n) is 2.28. The van der Waals surface area contributed by atoms with Gasteiger partial charge in [0.05, 0.1) is 0 Å². The topological polar surface area (TPSA) is 64.6 Å². The van der Waals surface area contributed by atoms with Crippen LogP contribution in [-0.4, -0.2) is 24.6 Å². The summed E-state index contributed by atoms with van der Waals surface area (Å²) in [5, 5.41) is 3.26. The van der Waals surface area contributed by atoms with Crippen molar-refractivity contribution in [3.8, 4) is 5.75 Å². The number of nitrogens with one attached hydrogen (secondary N) is 1. The summed E-state index contributed by atoms with van der Waals surface area (Å²) in [7, 11) is 0. The zero-order chi connectivity index (χ0) is 19.3. The maximum absolute atomic E-state index is 12.2. The van der Waals surface area contributed by atoms with Crippen LogP contribution in [0.1, 0.15) is 23.6 Å². The second-order valence-electron chi connectivity index (χ2n) is 6.02. The van der Waals surface area contributed by atoms with E-state index < -0.39 is 18.0 Å². The number of hydrogen-bond donors (Lipinski definition) is 1. The number of esters is 1. The van der Waals surface area contributed by atoms with Crippen molar-refractivity contribution < 1.29 is 19.1 Å². The van der Waals surface area contributed by atoms with Gasteiger partial charge in [0.15, 0.2) is 12.7 Å². The standard InChI is InChI=1S/C20H22ClNO4/c1-12-7-5-10-18(13(12)2)25-11-19(23)26-15(4)20(24)22-17-9-6-8-16(21)14(17)3/h5-10,15H,11H2,1-4H3,(H,22,24)/t15-/m1/s1. The average Bonchev–Trinajstić information content (AvgIpc) is 2.60. The molecule has 0 bridgehead atoms. The monoisotopic (exact) mass is 375 g/mol. The third kappa shape index (κ3) is 4.99. The summed E-state index contributed by atoms with van der Waals surface area (Å²) >= 11 is 6.03. The zero-order valence-electron chi connectivity index (χ0n) is 15.3. The highest BCUT2D eigenvalue weighted by Crippen LogP contribution is 2.23. The number of benzene rings is 2. The predicted octanol–water partition coefficient (Wildman–Crippen LogP) is 4.21. The van der Waals surface area contributed by atoms with Crippen molar-refractivity contribution in [2.75, 3.05) is 11.9 Å². The van der Waals surface area contributed by atoms with Crippen LogP contribution in [0.5, 0.6) is 5.75 Å². The first kappa shape index (κ1) is 19.8. The number of aryl methyl sites for hydroxylation is 1. The second-order valence-corrected chi connectivity index (χ2v) is 6.43. The first-order valence-electron chi connectivity index (χ1n) is 8.24. The first-order chi connectivity index (χ1) is 12.3. The number of carbonyl (C=O) groups is 2. The van der Waals surface area contributed by atoms with E-state index in [1.54, 1.807) is 31.2 Å². The Morgan fingerprint density at radius 3 is 2.50 bits per heavy atom. The number of anilines is 1. The highest BCUT2D eigenvalue weighted by Gasteiger charge is 2.19. The van der Waals surface area contributed by atoms with Crippen LogP contribution in [-0.2, 0) is 14.3 Å². The van der Waals surface area contributed by atoms with E-state index in [1.807, 2.05) is 26.0 Å². The second kappa shape index (κ2) is 8.72. The minimum absolute atomic E-state index is 0.266. The van der Waals surface area contributed by atoms with Gasteiger partial charge in [-0.15, -0.1) is 0 Å². The average molecular weight is 376 g/mol. The molecule has 1 amide bonds. The van der Waals surface area contributed by atoms with E-state index in [4.69, 9.17) is 21.1 Å². The summed E-state index contributed by atoms with van der Waals surface area (Å²) in [5.74, 6) is -0.430. The lowest BCUT2D eigenvalue weighted by Gasteiger charge is -2.16. The lowest BCUT2D eigenvalue weighted by Crippen LogP contribution is -2.32. The molecule has 2 rings (SSSR count). The molecule has 6 heteroatoms. The van der Waals surface area contributed by atoms with Crippen molar-refractivity contribution in [1.82, 2.24) is 0 Å². The van der Waals surface area contributed by atoms with E-state index in [0.29, 0.717) is 16.5 Å². The Morgan fingerprint density at radius 2 is 1.77 bits per heavy atom. The molecule has 0 fully saturated rings. The number of rotatable bonds is 6. The maximum atomic E-state index is 12.2. The van der Waals surface area contributed by atoms with Crippen molar-refractivity contribution in [2.45, 2.75) is 33.8 Å². The van der Waals surface area contributed by atoms with Crippen molar-refractivity contribution in [3.05, 3.63) is 58.1 Å². The van der Waals surface area contributed by atoms with Gasteiger partial charge in [-0.3, -0.25) is 4.79 Å². The summed E-state index contributed by atoms with van der Waals surface area (Å²) in [6.07, 6.45) is -0.955. The lowest BCUT2D eigenvalue weighted by atomic mass is 10.1. The highest BCUT2D eigenvalue weighted by molar-refractivity contribution is 6.31. The van der Waals surface area contributed by atoms with Gasteiger partial charge >= 0.3 is 5.97 Å². The summed E-state index contributed by atoms with van der Waals surface area (Å²) < 4.78 is 10.6. The molecule has 0 aromatic heterocycles. The maximum Gasteiger partial charge on any atom is 0.344 e. The van der Waals surface area contributed by atoms with Crippen LogP contribution in [0.4, 0.5) is 5.69 Å². The van der Waals surface area contributed by atoms with Crippen molar-refractivity contribution >= 4 is 29.2 Å². The van der Waals surface area contributed by atoms with Gasteiger partial charge in [-0.25, -0.2) is 4.79 Å². The molecule has 0 saturated carbocycles. The van der Waals surface area contributed by atoms with Gasteiger partial charge in [0.2, 0.25) is 0 Å². The van der Waals surface area contributed by atoms with Crippen LogP contribution in [0.25, 0.3) is 0 Å². The third-order valence-electron chi connectivity index (χ3n) is 4.10. The van der Waals surface area contributed by atoms with Gasteiger partial charge in [-0.05, 0) is 62.6 Å². The normalized spacial score (nSPS) is 11.6. The Morgan fingerprint density at radius 1 is 1.08 bits per heavy atom. The van der Waals surface area contributed by atoms with E-state index in [9.17, 15) is 9.59 Å². The molecule has 2 aromatic rings. The molecule has 1 atom stereocenters. The molecule has 26 heavy (non-hydrogen) atoms. The molecule has 2 aromatic carbocycles. The molecule has 0 radical (unpaired) electrons. The lowest BCUT2D eigenvalue weighted by molar-refractivity contribution is -0.155. The van der Waals surface area contributed by atoms with Crippen LogP contribution in [0, 0.1) is 20.8 Å². The molecule has 0 unspecified atom stereocenters. The number of ether oxygens (including phenoxy) is 2. The summed E-state index contributed by atoms with van der Waals surface area (Å²) in [6, 6.07) is 10.8. The minimum atomic E-state index is -0.955. The molecule has 0 spiro atoms. The van der Waals surface area contributed by atoms with Crippen molar-refractivity contribution in [3.63, 3.8) is 0 Å². The van der Waals surface area contributed by atoms with Gasteiger partial charge in [0.1, 0.15) is 5.75 Å². The smallest absolute Gasteiger partial charge is 0.344 e. The van der Waals surface area contributed by atoms with Crippen LogP contribution in [0.3, 0.4) is 0 Å². The summed E-state index contributed by atoms with van der Waals surface area (Å²) in [6.45, 7) is 6.92. The molecule has 0 aliphatic carbocycles. The number of hydrogen-bond acceptors (Lipinski definition) is 4. The molecule has 0 aliphatic heterocycles. The Balaban J connectivity index is 1.89. The summed E-state index contributed by atoms with van der Waals surface area (Å²) in [5.41, 5.74) is 3.36. The first-order valence-corrected chi connectivity index (χ1v) is 8.62. The Labute approximate surface area is 158 Å². The number of carbonyl (C=O) groups excluding carboxylic acids is 2. The highest BCUT2D eigenvalue weighted by atomic mass is 35.5. The van der Waals surface area contributed by atoms with E-state index in [-0.39, 0.29) is 6.61 Å². The Kier molecular flexibility index (Phi) is 6.64. The van der Waals surface area contributed by atoms with Crippen molar-refractivity contribution in [2.24, 2.45) is 0 Å². The third-order valence-corrected chi connectivity index (χ3v) is 4.51.